The third-order valence-corrected chi connectivity index (χ3v) is 4.77. The van der Waals surface area contributed by atoms with Crippen LogP contribution in [-0.2, 0) is 13.5 Å². The van der Waals surface area contributed by atoms with E-state index in [1.54, 1.807) is 0 Å². The number of benzene rings is 2. The van der Waals surface area contributed by atoms with Gasteiger partial charge in [0.05, 0.1) is 17.4 Å². The Morgan fingerprint density at radius 2 is 1.90 bits per heavy atom. The van der Waals surface area contributed by atoms with Crippen LogP contribution in [0.3, 0.4) is 0 Å². The highest BCUT2D eigenvalue weighted by molar-refractivity contribution is 5.99. The highest BCUT2D eigenvalue weighted by atomic mass is 15.0. The predicted octanol–water partition coefficient (Wildman–Crippen LogP) is 4.07. The Morgan fingerprint density at radius 1 is 1.10 bits per heavy atom. The van der Waals surface area contributed by atoms with E-state index in [1.165, 1.54) is 44.5 Å². The van der Waals surface area contributed by atoms with Crippen molar-refractivity contribution in [3.63, 3.8) is 0 Å². The van der Waals surface area contributed by atoms with Crippen molar-refractivity contribution in [2.75, 3.05) is 0 Å². The van der Waals surface area contributed by atoms with Crippen LogP contribution in [0.1, 0.15) is 27.8 Å². The van der Waals surface area contributed by atoms with Crippen molar-refractivity contribution in [1.82, 2.24) is 9.55 Å². The quantitative estimate of drug-likeness (QED) is 0.467. The number of hydrogen-bond donors (Lipinski definition) is 0. The Balaban J connectivity index is 2.15. The molecule has 3 aromatic rings. The van der Waals surface area contributed by atoms with E-state index in [0.717, 1.165) is 11.9 Å². The molecule has 1 aromatic heterocycles. The first kappa shape index (κ1) is 11.7. The second kappa shape index (κ2) is 3.72. The van der Waals surface area contributed by atoms with Gasteiger partial charge in [0.1, 0.15) is 0 Å². The summed E-state index contributed by atoms with van der Waals surface area (Å²) in [5.74, 6) is 0. The molecule has 0 radical (unpaired) electrons. The first-order valence-electron chi connectivity index (χ1n) is 7.11. The molecular weight excluding hydrogens is 244 g/mol. The molecule has 1 aliphatic rings. The summed E-state index contributed by atoms with van der Waals surface area (Å²) in [7, 11) is 2.07. The predicted molar refractivity (Wildman–Crippen MR) is 83.2 cm³/mol. The molecule has 2 aromatic carbocycles. The van der Waals surface area contributed by atoms with Gasteiger partial charge in [0.15, 0.2) is 0 Å². The monoisotopic (exact) mass is 262 g/mol. The lowest BCUT2D eigenvalue weighted by Crippen LogP contribution is -1.90. The van der Waals surface area contributed by atoms with Crippen molar-refractivity contribution >= 4 is 11.0 Å². The fourth-order valence-corrected chi connectivity index (χ4v) is 3.60. The van der Waals surface area contributed by atoms with Crippen LogP contribution in [0.5, 0.6) is 0 Å². The first-order chi connectivity index (χ1) is 9.58. The van der Waals surface area contributed by atoms with Gasteiger partial charge in [-0.3, -0.25) is 0 Å². The van der Waals surface area contributed by atoms with Crippen LogP contribution in [0.25, 0.3) is 22.2 Å². The van der Waals surface area contributed by atoms with E-state index in [4.69, 9.17) is 0 Å². The van der Waals surface area contributed by atoms with Crippen LogP contribution in [0, 0.1) is 20.8 Å². The molecule has 0 aliphatic heterocycles. The highest BCUT2D eigenvalue weighted by Gasteiger charge is 2.25. The van der Waals surface area contributed by atoms with Gasteiger partial charge in [-0.05, 0) is 60.6 Å². The summed E-state index contributed by atoms with van der Waals surface area (Å²) >= 11 is 0. The molecule has 0 amide bonds. The maximum absolute atomic E-state index is 4.66. The number of nitrogens with zero attached hydrogens (tertiary/aromatic N) is 2. The average molecular weight is 262 g/mol. The van der Waals surface area contributed by atoms with Gasteiger partial charge in [-0.25, -0.2) is 4.98 Å². The zero-order chi connectivity index (χ0) is 14.0. The molecule has 0 N–H and O–H groups in total. The van der Waals surface area contributed by atoms with E-state index in [2.05, 4.69) is 55.6 Å². The van der Waals surface area contributed by atoms with Crippen LogP contribution in [-0.4, -0.2) is 9.55 Å². The molecule has 2 heteroatoms. The second-order valence-corrected chi connectivity index (χ2v) is 5.99. The maximum Gasteiger partial charge on any atom is 0.0968 e. The van der Waals surface area contributed by atoms with Crippen molar-refractivity contribution in [1.29, 1.82) is 0 Å². The van der Waals surface area contributed by atoms with Crippen LogP contribution in [0.2, 0.25) is 0 Å². The zero-order valence-electron chi connectivity index (χ0n) is 12.4. The van der Waals surface area contributed by atoms with Crippen LogP contribution in [0.4, 0.5) is 0 Å². The minimum absolute atomic E-state index is 1.05. The first-order valence-corrected chi connectivity index (χ1v) is 7.11. The Morgan fingerprint density at radius 3 is 2.70 bits per heavy atom. The fourth-order valence-electron chi connectivity index (χ4n) is 3.60. The second-order valence-electron chi connectivity index (χ2n) is 5.99. The zero-order valence-corrected chi connectivity index (χ0v) is 12.4. The number of imidazole rings is 1. The molecule has 1 heterocycles. The summed E-state index contributed by atoms with van der Waals surface area (Å²) in [5.41, 5.74) is 12.2. The van der Waals surface area contributed by atoms with Crippen LogP contribution < -0.4 is 0 Å². The van der Waals surface area contributed by atoms with Gasteiger partial charge in [0, 0.05) is 12.6 Å². The third kappa shape index (κ3) is 1.31. The Hall–Kier alpha value is -2.09. The summed E-state index contributed by atoms with van der Waals surface area (Å²) in [6.07, 6.45) is 2.97. The van der Waals surface area contributed by atoms with Crippen molar-refractivity contribution < 1.29 is 0 Å². The van der Waals surface area contributed by atoms with Crippen LogP contribution in [0.15, 0.2) is 24.5 Å². The average Bonchev–Trinajstić information content (AvgIpc) is 2.96. The fraction of sp³-hybridized carbons (Fsp3) is 0.278. The van der Waals surface area contributed by atoms with Gasteiger partial charge >= 0.3 is 0 Å². The van der Waals surface area contributed by atoms with Crippen molar-refractivity contribution in [2.24, 2.45) is 7.05 Å². The standard InChI is InChI=1S/C18H18N2/c1-10-5-6-14-15(12(10)3)8-13-7-11(2)18-17(16(13)14)19-9-20(18)4/h5-7,9H,8H2,1-4H3. The van der Waals surface area contributed by atoms with E-state index in [0.29, 0.717) is 0 Å². The van der Waals surface area contributed by atoms with E-state index >= 15 is 0 Å². The molecule has 0 unspecified atom stereocenters. The molecule has 0 saturated heterocycles. The number of fused-ring (bicyclic) bond motifs is 5. The van der Waals surface area contributed by atoms with Crippen molar-refractivity contribution in [2.45, 2.75) is 27.2 Å². The topological polar surface area (TPSA) is 17.8 Å². The van der Waals surface area contributed by atoms with Gasteiger partial charge in [0.2, 0.25) is 0 Å². The van der Waals surface area contributed by atoms with Gasteiger partial charge in [-0.1, -0.05) is 18.2 Å². The number of hydrogen-bond acceptors (Lipinski definition) is 1. The summed E-state index contributed by atoms with van der Waals surface area (Å²) < 4.78 is 2.13. The Labute approximate surface area is 119 Å². The Kier molecular flexibility index (Phi) is 2.18. The molecule has 100 valence electrons. The lowest BCUT2D eigenvalue weighted by Gasteiger charge is -2.08. The molecule has 0 bridgehead atoms. The summed E-state index contributed by atoms with van der Waals surface area (Å²) in [6.45, 7) is 6.62. The molecule has 20 heavy (non-hydrogen) atoms. The maximum atomic E-state index is 4.66. The van der Waals surface area contributed by atoms with Crippen molar-refractivity contribution in [3.05, 3.63) is 52.3 Å². The molecule has 2 nitrogen and oxygen atoms in total. The number of aryl methyl sites for hydroxylation is 3. The lowest BCUT2D eigenvalue weighted by atomic mass is 9.97. The molecular formula is C18H18N2. The molecule has 0 spiro atoms. The van der Waals surface area contributed by atoms with E-state index in [-0.39, 0.29) is 0 Å². The van der Waals surface area contributed by atoms with E-state index in [9.17, 15) is 0 Å². The van der Waals surface area contributed by atoms with Gasteiger partial charge in [-0.15, -0.1) is 0 Å². The summed E-state index contributed by atoms with van der Waals surface area (Å²) in [6, 6.07) is 6.85. The van der Waals surface area contributed by atoms with E-state index < -0.39 is 0 Å². The normalized spacial score (nSPS) is 12.8. The SMILES string of the molecule is Cc1ccc2c(c1C)Cc1cc(C)c3c(ncn3C)c1-2. The van der Waals surface area contributed by atoms with Crippen LogP contribution >= 0.6 is 0 Å². The number of rotatable bonds is 0. The Bertz CT molecular complexity index is 869. The summed E-state index contributed by atoms with van der Waals surface area (Å²) in [5, 5.41) is 0. The smallest absolute Gasteiger partial charge is 0.0968 e. The van der Waals surface area contributed by atoms with Gasteiger partial charge in [-0.2, -0.15) is 0 Å². The largest absolute Gasteiger partial charge is 0.333 e. The molecule has 0 atom stereocenters. The molecule has 0 fully saturated rings. The van der Waals surface area contributed by atoms with Gasteiger partial charge in [0.25, 0.3) is 0 Å². The van der Waals surface area contributed by atoms with E-state index in [1.807, 2.05) is 6.33 Å². The minimum Gasteiger partial charge on any atom is -0.333 e. The third-order valence-electron chi connectivity index (χ3n) is 4.77. The van der Waals surface area contributed by atoms with Gasteiger partial charge < -0.3 is 4.57 Å². The minimum atomic E-state index is 1.05. The lowest BCUT2D eigenvalue weighted by molar-refractivity contribution is 0.943. The summed E-state index contributed by atoms with van der Waals surface area (Å²) in [4.78, 5) is 4.66. The molecule has 4 rings (SSSR count). The molecule has 0 saturated carbocycles. The molecule has 1 aliphatic carbocycles. The number of aromatic nitrogens is 2. The van der Waals surface area contributed by atoms with Crippen molar-refractivity contribution in [3.8, 4) is 11.1 Å². The highest BCUT2D eigenvalue weighted by Crippen LogP contribution is 2.43.